The first-order valence-electron chi connectivity index (χ1n) is 27.8. The van der Waals surface area contributed by atoms with Gasteiger partial charge in [-0.3, -0.25) is 9.59 Å². The summed E-state index contributed by atoms with van der Waals surface area (Å²) in [5, 5.41) is 23.1. The van der Waals surface area contributed by atoms with Crippen LogP contribution in [0.4, 0.5) is 0 Å². The monoisotopic (exact) mass is 886 g/mol. The van der Waals surface area contributed by atoms with Crippen LogP contribution in [0.15, 0.2) is 36.5 Å². The van der Waals surface area contributed by atoms with Gasteiger partial charge in [0.15, 0.2) is 0 Å². The lowest BCUT2D eigenvalue weighted by molar-refractivity contribution is -0.143. The van der Waals surface area contributed by atoms with Crippen molar-refractivity contribution >= 4 is 11.9 Å². The molecule has 2 atom stereocenters. The molecule has 0 spiro atoms. The van der Waals surface area contributed by atoms with Crippen molar-refractivity contribution in [2.75, 3.05) is 13.2 Å². The van der Waals surface area contributed by atoms with Gasteiger partial charge in [0, 0.05) is 12.8 Å². The molecule has 0 aliphatic heterocycles. The third-order valence-corrected chi connectivity index (χ3v) is 12.7. The SMILES string of the molecule is CCCCCC/C=C\C/C=C\CCCCCCCC(=O)OCCCCCCCCCCCCCC(=O)NC(CO)C(O)/C=C/CCCCCCCCCCCCCCCCCCC. The van der Waals surface area contributed by atoms with Crippen LogP contribution >= 0.6 is 0 Å². The molecule has 0 aromatic carbocycles. The van der Waals surface area contributed by atoms with Gasteiger partial charge in [0.25, 0.3) is 0 Å². The normalized spacial score (nSPS) is 12.9. The quantitative estimate of drug-likeness (QED) is 0.0321. The van der Waals surface area contributed by atoms with Gasteiger partial charge in [-0.15, -0.1) is 0 Å². The molecule has 0 bridgehead atoms. The number of carbonyl (C=O) groups excluding carboxylic acids is 2. The molecule has 370 valence electrons. The molecule has 0 aromatic heterocycles. The van der Waals surface area contributed by atoms with Crippen molar-refractivity contribution in [3.63, 3.8) is 0 Å². The van der Waals surface area contributed by atoms with E-state index in [0.717, 1.165) is 70.6 Å². The number of nitrogens with one attached hydrogen (secondary N) is 1. The average molecular weight is 886 g/mol. The predicted octanol–water partition coefficient (Wildman–Crippen LogP) is 16.9. The van der Waals surface area contributed by atoms with Crippen LogP contribution in [0, 0.1) is 0 Å². The number of esters is 1. The molecule has 0 saturated carbocycles. The maximum Gasteiger partial charge on any atom is 0.305 e. The number of carbonyl (C=O) groups is 2. The van der Waals surface area contributed by atoms with Crippen molar-refractivity contribution in [3.8, 4) is 0 Å². The summed E-state index contributed by atoms with van der Waals surface area (Å²) >= 11 is 0. The van der Waals surface area contributed by atoms with E-state index < -0.39 is 12.1 Å². The van der Waals surface area contributed by atoms with Crippen LogP contribution in [0.2, 0.25) is 0 Å². The van der Waals surface area contributed by atoms with Crippen LogP contribution < -0.4 is 5.32 Å². The average Bonchev–Trinajstić information content (AvgIpc) is 3.28. The Balaban J connectivity index is 3.52. The van der Waals surface area contributed by atoms with Crippen LogP contribution in [0.5, 0.6) is 0 Å². The largest absolute Gasteiger partial charge is 0.466 e. The molecule has 0 aromatic rings. The minimum Gasteiger partial charge on any atom is -0.466 e. The first-order chi connectivity index (χ1) is 31.0. The van der Waals surface area contributed by atoms with Gasteiger partial charge in [-0.1, -0.05) is 249 Å². The van der Waals surface area contributed by atoms with Crippen LogP contribution in [0.25, 0.3) is 0 Å². The number of rotatable bonds is 51. The molecular weight excluding hydrogens is 779 g/mol. The molecular formula is C57H107NO5. The number of allylic oxidation sites excluding steroid dienone is 5. The maximum absolute atomic E-state index is 12.5. The lowest BCUT2D eigenvalue weighted by Crippen LogP contribution is -2.45. The number of ether oxygens (including phenoxy) is 1. The zero-order valence-electron chi connectivity index (χ0n) is 42.1. The van der Waals surface area contributed by atoms with E-state index in [1.165, 1.54) is 193 Å². The number of unbranched alkanes of at least 4 members (excludes halogenated alkanes) is 36. The lowest BCUT2D eigenvalue weighted by Gasteiger charge is -2.20. The minimum atomic E-state index is -0.858. The highest BCUT2D eigenvalue weighted by Crippen LogP contribution is 2.16. The molecule has 0 aliphatic rings. The van der Waals surface area contributed by atoms with Crippen molar-refractivity contribution in [1.82, 2.24) is 5.32 Å². The fraction of sp³-hybridized carbons (Fsp3) is 0.860. The summed E-state index contributed by atoms with van der Waals surface area (Å²) in [5.41, 5.74) is 0. The van der Waals surface area contributed by atoms with E-state index in [4.69, 9.17) is 4.74 Å². The van der Waals surface area contributed by atoms with Crippen molar-refractivity contribution in [2.45, 2.75) is 302 Å². The number of amides is 1. The Labute approximate surface area is 392 Å². The minimum absolute atomic E-state index is 0.0288. The molecule has 0 saturated heterocycles. The second kappa shape index (κ2) is 52.7. The second-order valence-electron chi connectivity index (χ2n) is 18.9. The molecule has 0 rings (SSSR count). The Morgan fingerprint density at radius 1 is 0.444 bits per heavy atom. The van der Waals surface area contributed by atoms with Crippen LogP contribution in [-0.4, -0.2) is 47.4 Å². The van der Waals surface area contributed by atoms with Crippen LogP contribution in [0.3, 0.4) is 0 Å². The molecule has 2 unspecified atom stereocenters. The Morgan fingerprint density at radius 2 is 0.794 bits per heavy atom. The van der Waals surface area contributed by atoms with E-state index in [9.17, 15) is 19.8 Å². The number of hydrogen-bond acceptors (Lipinski definition) is 5. The Bertz CT molecular complexity index is 1020. The van der Waals surface area contributed by atoms with Crippen molar-refractivity contribution < 1.29 is 24.5 Å². The predicted molar refractivity (Wildman–Crippen MR) is 273 cm³/mol. The van der Waals surface area contributed by atoms with Gasteiger partial charge in [0.05, 0.1) is 25.4 Å². The van der Waals surface area contributed by atoms with Crippen molar-refractivity contribution in [3.05, 3.63) is 36.5 Å². The summed E-state index contributed by atoms with van der Waals surface area (Å²) in [5.74, 6) is -0.115. The summed E-state index contributed by atoms with van der Waals surface area (Å²) in [4.78, 5) is 24.5. The summed E-state index contributed by atoms with van der Waals surface area (Å²) in [7, 11) is 0. The Morgan fingerprint density at radius 3 is 1.22 bits per heavy atom. The third kappa shape index (κ3) is 49.4. The smallest absolute Gasteiger partial charge is 0.305 e. The highest BCUT2D eigenvalue weighted by atomic mass is 16.5. The van der Waals surface area contributed by atoms with E-state index in [1.807, 2.05) is 6.08 Å². The van der Waals surface area contributed by atoms with Gasteiger partial charge in [0.2, 0.25) is 5.91 Å². The van der Waals surface area contributed by atoms with Crippen molar-refractivity contribution in [2.24, 2.45) is 0 Å². The van der Waals surface area contributed by atoms with E-state index in [-0.39, 0.29) is 18.5 Å². The fourth-order valence-electron chi connectivity index (χ4n) is 8.37. The molecule has 3 N–H and O–H groups in total. The van der Waals surface area contributed by atoms with Gasteiger partial charge in [0.1, 0.15) is 0 Å². The summed E-state index contributed by atoms with van der Waals surface area (Å²) in [6.07, 6.45) is 64.3. The Hall–Kier alpha value is -1.92. The molecule has 0 heterocycles. The van der Waals surface area contributed by atoms with Gasteiger partial charge in [-0.05, 0) is 64.2 Å². The third-order valence-electron chi connectivity index (χ3n) is 12.7. The maximum atomic E-state index is 12.5. The van der Waals surface area contributed by atoms with Crippen LogP contribution in [0.1, 0.15) is 290 Å². The standard InChI is InChI=1S/C57H107NO5/c1-3-5-7-9-11-13-15-17-19-21-22-23-24-26-29-33-37-41-45-49-55(60)54(53-59)58-56(61)50-46-42-38-34-30-28-32-36-40-44-48-52-63-57(62)51-47-43-39-35-31-27-25-20-18-16-14-12-10-8-6-4-2/h14,16,20,25,45,49,54-55,59-60H,3-13,15,17-19,21-24,26-44,46-48,50-53H2,1-2H3,(H,58,61)/b16-14-,25-20-,49-45+. The summed E-state index contributed by atoms with van der Waals surface area (Å²) < 4.78 is 5.46. The first kappa shape index (κ1) is 61.1. The molecule has 0 fully saturated rings. The number of aliphatic hydroxyl groups is 2. The molecule has 0 radical (unpaired) electrons. The molecule has 6 heteroatoms. The van der Waals surface area contributed by atoms with E-state index in [1.54, 1.807) is 6.08 Å². The number of hydrogen-bond donors (Lipinski definition) is 3. The van der Waals surface area contributed by atoms with Crippen LogP contribution in [-0.2, 0) is 14.3 Å². The highest BCUT2D eigenvalue weighted by Gasteiger charge is 2.18. The zero-order chi connectivity index (χ0) is 45.8. The second-order valence-corrected chi connectivity index (χ2v) is 18.9. The van der Waals surface area contributed by atoms with E-state index >= 15 is 0 Å². The van der Waals surface area contributed by atoms with Crippen molar-refractivity contribution in [1.29, 1.82) is 0 Å². The van der Waals surface area contributed by atoms with Gasteiger partial charge in [-0.25, -0.2) is 0 Å². The summed E-state index contributed by atoms with van der Waals surface area (Å²) in [6.45, 7) is 4.84. The summed E-state index contributed by atoms with van der Waals surface area (Å²) in [6, 6.07) is -0.644. The first-order valence-corrected chi connectivity index (χ1v) is 27.8. The molecule has 63 heavy (non-hydrogen) atoms. The fourth-order valence-corrected chi connectivity index (χ4v) is 8.37. The van der Waals surface area contributed by atoms with Gasteiger partial charge >= 0.3 is 5.97 Å². The molecule has 0 aliphatic carbocycles. The lowest BCUT2D eigenvalue weighted by atomic mass is 10.0. The molecule has 1 amide bonds. The highest BCUT2D eigenvalue weighted by molar-refractivity contribution is 5.76. The van der Waals surface area contributed by atoms with E-state index in [0.29, 0.717) is 19.4 Å². The Kier molecular flexibility index (Phi) is 51.1. The topological polar surface area (TPSA) is 95.9 Å². The number of aliphatic hydroxyl groups excluding tert-OH is 2. The van der Waals surface area contributed by atoms with E-state index in [2.05, 4.69) is 43.5 Å². The van der Waals surface area contributed by atoms with Gasteiger partial charge < -0.3 is 20.3 Å². The van der Waals surface area contributed by atoms with Gasteiger partial charge in [-0.2, -0.15) is 0 Å². The zero-order valence-corrected chi connectivity index (χ0v) is 42.1. The molecule has 6 nitrogen and oxygen atoms in total.